The first-order valence-corrected chi connectivity index (χ1v) is 7.07. The van der Waals surface area contributed by atoms with Gasteiger partial charge in [-0.15, -0.1) is 0 Å². The van der Waals surface area contributed by atoms with Crippen LogP contribution in [0.1, 0.15) is 18.9 Å². The highest BCUT2D eigenvalue weighted by Gasteiger charge is 2.18. The number of hydrogen-bond acceptors (Lipinski definition) is 4. The minimum atomic E-state index is 0.181. The lowest BCUT2D eigenvalue weighted by atomic mass is 10.2. The molecule has 1 aliphatic rings. The van der Waals surface area contributed by atoms with Crippen molar-refractivity contribution in [1.29, 1.82) is 0 Å². The van der Waals surface area contributed by atoms with Gasteiger partial charge in [-0.3, -0.25) is 4.90 Å². The van der Waals surface area contributed by atoms with Crippen LogP contribution in [-0.2, 0) is 11.3 Å². The summed E-state index contributed by atoms with van der Waals surface area (Å²) in [6.45, 7) is 7.12. The zero-order chi connectivity index (χ0) is 13.5. The number of nitrogens with zero attached hydrogens (tertiary/aromatic N) is 1. The van der Waals surface area contributed by atoms with Crippen molar-refractivity contribution < 1.29 is 9.47 Å². The van der Waals surface area contributed by atoms with Crippen LogP contribution in [0, 0.1) is 0 Å². The van der Waals surface area contributed by atoms with Crippen molar-refractivity contribution in [3.8, 4) is 5.75 Å². The first-order chi connectivity index (χ1) is 9.31. The lowest BCUT2D eigenvalue weighted by Crippen LogP contribution is -2.45. The van der Waals surface area contributed by atoms with Gasteiger partial charge in [0.2, 0.25) is 0 Å². The average Bonchev–Trinajstić information content (AvgIpc) is 2.47. The fourth-order valence-electron chi connectivity index (χ4n) is 2.24. The maximum atomic E-state index is 5.66. The number of benzene rings is 1. The van der Waals surface area contributed by atoms with Gasteiger partial charge in [0.1, 0.15) is 5.75 Å². The summed E-state index contributed by atoms with van der Waals surface area (Å²) in [5.74, 6) is 0.951. The molecule has 0 aliphatic carbocycles. The number of ether oxygens (including phenoxy) is 2. The highest BCUT2D eigenvalue weighted by Crippen LogP contribution is 2.15. The van der Waals surface area contributed by atoms with Gasteiger partial charge in [-0.2, -0.15) is 0 Å². The molecular formula is C15H24N2O2. The van der Waals surface area contributed by atoms with E-state index in [1.54, 1.807) is 0 Å². The molecule has 0 amide bonds. The third kappa shape index (κ3) is 4.49. The van der Waals surface area contributed by atoms with Crippen molar-refractivity contribution in [3.63, 3.8) is 0 Å². The zero-order valence-electron chi connectivity index (χ0n) is 11.7. The number of nitrogens with two attached hydrogens (primary N) is 1. The zero-order valence-corrected chi connectivity index (χ0v) is 11.7. The second kappa shape index (κ2) is 7.48. The Morgan fingerprint density at radius 2 is 2.16 bits per heavy atom. The van der Waals surface area contributed by atoms with Gasteiger partial charge in [0.05, 0.1) is 19.3 Å². The minimum absolute atomic E-state index is 0.181. The Morgan fingerprint density at radius 1 is 1.37 bits per heavy atom. The molecule has 0 radical (unpaired) electrons. The molecule has 19 heavy (non-hydrogen) atoms. The van der Waals surface area contributed by atoms with Gasteiger partial charge in [-0.05, 0) is 24.1 Å². The van der Waals surface area contributed by atoms with Gasteiger partial charge in [0.25, 0.3) is 0 Å². The van der Waals surface area contributed by atoms with Gasteiger partial charge in [0.15, 0.2) is 0 Å². The monoisotopic (exact) mass is 264 g/mol. The van der Waals surface area contributed by atoms with E-state index < -0.39 is 0 Å². The van der Waals surface area contributed by atoms with Crippen molar-refractivity contribution in [3.05, 3.63) is 29.8 Å². The molecule has 1 saturated heterocycles. The fraction of sp³-hybridized carbons (Fsp3) is 0.600. The van der Waals surface area contributed by atoms with Crippen molar-refractivity contribution in [2.75, 3.05) is 32.8 Å². The first-order valence-electron chi connectivity index (χ1n) is 7.07. The Bertz CT molecular complexity index is 367. The topological polar surface area (TPSA) is 47.7 Å². The van der Waals surface area contributed by atoms with E-state index in [0.717, 1.165) is 45.0 Å². The van der Waals surface area contributed by atoms with E-state index in [1.807, 2.05) is 12.1 Å². The van der Waals surface area contributed by atoms with Gasteiger partial charge >= 0.3 is 0 Å². The molecule has 1 aliphatic heterocycles. The standard InChI is InChI=1S/C15H24N2O2/c1-2-8-18-14-5-3-13(4-6-14)11-17-7-9-19-15(10-16)12-17/h3-6,15H,2,7-12,16H2,1H3. The van der Waals surface area contributed by atoms with Gasteiger partial charge < -0.3 is 15.2 Å². The van der Waals surface area contributed by atoms with Gasteiger partial charge in [0, 0.05) is 26.2 Å². The second-order valence-electron chi connectivity index (χ2n) is 4.96. The molecule has 4 nitrogen and oxygen atoms in total. The molecular weight excluding hydrogens is 240 g/mol. The van der Waals surface area contributed by atoms with Gasteiger partial charge in [-0.1, -0.05) is 19.1 Å². The smallest absolute Gasteiger partial charge is 0.119 e. The second-order valence-corrected chi connectivity index (χ2v) is 4.96. The van der Waals surface area contributed by atoms with Crippen LogP contribution in [0.3, 0.4) is 0 Å². The SMILES string of the molecule is CCCOc1ccc(CN2CCOC(CN)C2)cc1. The minimum Gasteiger partial charge on any atom is -0.494 e. The predicted octanol–water partition coefficient (Wildman–Crippen LogP) is 1.63. The number of hydrogen-bond donors (Lipinski definition) is 1. The molecule has 1 aromatic rings. The summed E-state index contributed by atoms with van der Waals surface area (Å²) < 4.78 is 11.2. The maximum Gasteiger partial charge on any atom is 0.119 e. The van der Waals surface area contributed by atoms with Crippen LogP contribution in [0.4, 0.5) is 0 Å². The Hall–Kier alpha value is -1.10. The third-order valence-electron chi connectivity index (χ3n) is 3.29. The molecule has 1 unspecified atom stereocenters. The van der Waals surface area contributed by atoms with E-state index in [-0.39, 0.29) is 6.10 Å². The van der Waals surface area contributed by atoms with Crippen LogP contribution in [0.25, 0.3) is 0 Å². The highest BCUT2D eigenvalue weighted by molar-refractivity contribution is 5.27. The molecule has 1 fully saturated rings. The molecule has 1 aromatic carbocycles. The first kappa shape index (κ1) is 14.3. The molecule has 0 aromatic heterocycles. The average molecular weight is 264 g/mol. The van der Waals surface area contributed by atoms with E-state index in [4.69, 9.17) is 15.2 Å². The van der Waals surface area contributed by atoms with Crippen molar-refractivity contribution in [1.82, 2.24) is 4.90 Å². The van der Waals surface area contributed by atoms with Crippen LogP contribution in [0.2, 0.25) is 0 Å². The van der Waals surface area contributed by atoms with Crippen LogP contribution in [-0.4, -0.2) is 43.9 Å². The summed E-state index contributed by atoms with van der Waals surface area (Å²) in [5.41, 5.74) is 6.96. The van der Waals surface area contributed by atoms with Crippen LogP contribution < -0.4 is 10.5 Å². The number of morpholine rings is 1. The summed E-state index contributed by atoms with van der Waals surface area (Å²) in [5, 5.41) is 0. The van der Waals surface area contributed by atoms with E-state index >= 15 is 0 Å². The Kier molecular flexibility index (Phi) is 5.63. The Labute approximate surface area is 115 Å². The maximum absolute atomic E-state index is 5.66. The molecule has 0 saturated carbocycles. The van der Waals surface area contributed by atoms with Crippen molar-refractivity contribution in [2.24, 2.45) is 5.73 Å². The van der Waals surface area contributed by atoms with E-state index in [0.29, 0.717) is 6.54 Å². The van der Waals surface area contributed by atoms with Crippen LogP contribution in [0.5, 0.6) is 5.75 Å². The summed E-state index contributed by atoms with van der Waals surface area (Å²) >= 11 is 0. The molecule has 0 bridgehead atoms. The Balaban J connectivity index is 1.85. The molecule has 1 atom stereocenters. The number of rotatable bonds is 6. The fourth-order valence-corrected chi connectivity index (χ4v) is 2.24. The molecule has 0 spiro atoms. The Morgan fingerprint density at radius 3 is 2.84 bits per heavy atom. The lowest BCUT2D eigenvalue weighted by molar-refractivity contribution is -0.0260. The molecule has 1 heterocycles. The largest absolute Gasteiger partial charge is 0.494 e. The van der Waals surface area contributed by atoms with Crippen molar-refractivity contribution in [2.45, 2.75) is 26.0 Å². The summed E-state index contributed by atoms with van der Waals surface area (Å²) in [6, 6.07) is 8.37. The molecule has 4 heteroatoms. The molecule has 2 N–H and O–H groups in total. The van der Waals surface area contributed by atoms with E-state index in [1.165, 1.54) is 5.56 Å². The highest BCUT2D eigenvalue weighted by atomic mass is 16.5. The quantitative estimate of drug-likeness (QED) is 0.848. The van der Waals surface area contributed by atoms with Gasteiger partial charge in [-0.25, -0.2) is 0 Å². The summed E-state index contributed by atoms with van der Waals surface area (Å²) in [6.07, 6.45) is 1.22. The van der Waals surface area contributed by atoms with E-state index in [9.17, 15) is 0 Å². The lowest BCUT2D eigenvalue weighted by Gasteiger charge is -2.32. The third-order valence-corrected chi connectivity index (χ3v) is 3.29. The summed E-state index contributed by atoms with van der Waals surface area (Å²) in [7, 11) is 0. The van der Waals surface area contributed by atoms with E-state index in [2.05, 4.69) is 24.0 Å². The summed E-state index contributed by atoms with van der Waals surface area (Å²) in [4.78, 5) is 2.39. The van der Waals surface area contributed by atoms with Crippen molar-refractivity contribution >= 4 is 0 Å². The molecule has 106 valence electrons. The normalized spacial score (nSPS) is 20.4. The predicted molar refractivity (Wildman–Crippen MR) is 76.3 cm³/mol. The van der Waals surface area contributed by atoms with Crippen LogP contribution >= 0.6 is 0 Å². The van der Waals surface area contributed by atoms with Crippen LogP contribution in [0.15, 0.2) is 24.3 Å². The molecule has 2 rings (SSSR count).